The van der Waals surface area contributed by atoms with Gasteiger partial charge in [-0.1, -0.05) is 36.0 Å². The standard InChI is InChI=1S/C16H14N4O2S2/c1-23-16-17-13(19-20-15(21)12-8-5-9-24-12)10-14(18-16)22-11-6-3-2-4-7-11/h2-10H,1H3,(H,20,21)(H,17,18,19). The first-order valence-electron chi connectivity index (χ1n) is 7.00. The summed E-state index contributed by atoms with van der Waals surface area (Å²) < 4.78 is 5.73. The van der Waals surface area contributed by atoms with Gasteiger partial charge in [0.1, 0.15) is 5.75 Å². The van der Waals surface area contributed by atoms with Crippen molar-refractivity contribution in [3.05, 3.63) is 58.8 Å². The van der Waals surface area contributed by atoms with Crippen molar-refractivity contribution < 1.29 is 9.53 Å². The molecule has 0 fully saturated rings. The fraction of sp³-hybridized carbons (Fsp3) is 0.0625. The van der Waals surface area contributed by atoms with Crippen LogP contribution in [0.1, 0.15) is 9.67 Å². The van der Waals surface area contributed by atoms with E-state index in [0.717, 1.165) is 0 Å². The Bertz CT molecular complexity index is 810. The second kappa shape index (κ2) is 7.80. The quantitative estimate of drug-likeness (QED) is 0.396. The zero-order valence-corrected chi connectivity index (χ0v) is 14.4. The minimum Gasteiger partial charge on any atom is -0.439 e. The van der Waals surface area contributed by atoms with E-state index in [0.29, 0.717) is 27.5 Å². The predicted octanol–water partition coefficient (Wildman–Crippen LogP) is 3.81. The number of nitrogens with one attached hydrogen (secondary N) is 2. The van der Waals surface area contributed by atoms with Gasteiger partial charge in [-0.05, 0) is 29.8 Å². The molecule has 3 rings (SSSR count). The highest BCUT2D eigenvalue weighted by Gasteiger charge is 2.09. The van der Waals surface area contributed by atoms with Crippen molar-refractivity contribution in [1.82, 2.24) is 15.4 Å². The summed E-state index contributed by atoms with van der Waals surface area (Å²) >= 11 is 2.75. The minimum atomic E-state index is -0.222. The first kappa shape index (κ1) is 16.3. The predicted molar refractivity (Wildman–Crippen MR) is 95.7 cm³/mol. The number of rotatable bonds is 6. The van der Waals surface area contributed by atoms with Crippen LogP contribution in [0, 0.1) is 0 Å². The van der Waals surface area contributed by atoms with Gasteiger partial charge in [0, 0.05) is 6.07 Å². The van der Waals surface area contributed by atoms with Crippen LogP contribution in [0.25, 0.3) is 0 Å². The maximum atomic E-state index is 12.0. The Morgan fingerprint density at radius 2 is 2.00 bits per heavy atom. The molecule has 0 radical (unpaired) electrons. The minimum absolute atomic E-state index is 0.222. The molecule has 0 bridgehead atoms. The summed E-state index contributed by atoms with van der Waals surface area (Å²) in [6, 6.07) is 14.5. The van der Waals surface area contributed by atoms with Crippen molar-refractivity contribution in [2.45, 2.75) is 5.16 Å². The monoisotopic (exact) mass is 358 g/mol. The molecule has 0 aliphatic heterocycles. The average molecular weight is 358 g/mol. The highest BCUT2D eigenvalue weighted by atomic mass is 32.2. The molecule has 2 aromatic heterocycles. The summed E-state index contributed by atoms with van der Waals surface area (Å²) in [6.45, 7) is 0. The number of nitrogens with zero attached hydrogens (tertiary/aromatic N) is 2. The number of hydrazine groups is 1. The number of benzene rings is 1. The smallest absolute Gasteiger partial charge is 0.279 e. The topological polar surface area (TPSA) is 76.1 Å². The Labute approximate surface area is 147 Å². The van der Waals surface area contributed by atoms with E-state index in [1.807, 2.05) is 48.0 Å². The van der Waals surface area contributed by atoms with Crippen molar-refractivity contribution in [3.63, 3.8) is 0 Å². The van der Waals surface area contributed by atoms with Gasteiger partial charge in [-0.25, -0.2) is 4.98 Å². The zero-order chi connectivity index (χ0) is 16.8. The van der Waals surface area contributed by atoms with Crippen LogP contribution in [0.2, 0.25) is 0 Å². The van der Waals surface area contributed by atoms with E-state index in [9.17, 15) is 4.79 Å². The summed E-state index contributed by atoms with van der Waals surface area (Å²) in [6.07, 6.45) is 1.87. The van der Waals surface area contributed by atoms with Crippen LogP contribution < -0.4 is 15.6 Å². The van der Waals surface area contributed by atoms with Gasteiger partial charge in [0.2, 0.25) is 5.88 Å². The molecule has 3 aromatic rings. The number of aromatic nitrogens is 2. The molecular weight excluding hydrogens is 344 g/mol. The molecule has 24 heavy (non-hydrogen) atoms. The first-order chi connectivity index (χ1) is 11.7. The third-order valence-electron chi connectivity index (χ3n) is 2.88. The van der Waals surface area contributed by atoms with Crippen molar-refractivity contribution in [2.75, 3.05) is 11.7 Å². The molecule has 0 unspecified atom stereocenters. The van der Waals surface area contributed by atoms with Crippen molar-refractivity contribution in [2.24, 2.45) is 0 Å². The van der Waals surface area contributed by atoms with Gasteiger partial charge in [-0.3, -0.25) is 15.6 Å². The molecular formula is C16H14N4O2S2. The van der Waals surface area contributed by atoms with Crippen LogP contribution in [0.15, 0.2) is 59.1 Å². The molecule has 0 saturated heterocycles. The number of thiophene rings is 1. The Morgan fingerprint density at radius 3 is 2.71 bits per heavy atom. The van der Waals surface area contributed by atoms with E-state index in [2.05, 4.69) is 20.8 Å². The van der Waals surface area contributed by atoms with E-state index in [1.54, 1.807) is 12.1 Å². The van der Waals surface area contributed by atoms with Crippen LogP contribution in [-0.4, -0.2) is 22.1 Å². The van der Waals surface area contributed by atoms with Gasteiger partial charge in [-0.15, -0.1) is 11.3 Å². The molecule has 0 saturated carbocycles. The molecule has 2 N–H and O–H groups in total. The number of carbonyl (C=O) groups is 1. The van der Waals surface area contributed by atoms with Gasteiger partial charge in [0.25, 0.3) is 5.91 Å². The average Bonchev–Trinajstić information content (AvgIpc) is 3.15. The van der Waals surface area contributed by atoms with E-state index in [1.165, 1.54) is 23.1 Å². The molecule has 8 heteroatoms. The maximum Gasteiger partial charge on any atom is 0.279 e. The Kier molecular flexibility index (Phi) is 5.29. The van der Waals surface area contributed by atoms with Crippen molar-refractivity contribution >= 4 is 34.8 Å². The van der Waals surface area contributed by atoms with Gasteiger partial charge < -0.3 is 4.74 Å². The molecule has 0 aliphatic rings. The molecule has 6 nitrogen and oxygen atoms in total. The third-order valence-corrected chi connectivity index (χ3v) is 4.30. The number of hydrogen-bond acceptors (Lipinski definition) is 7. The van der Waals surface area contributed by atoms with Crippen molar-refractivity contribution in [3.8, 4) is 11.6 Å². The lowest BCUT2D eigenvalue weighted by Gasteiger charge is -2.10. The lowest BCUT2D eigenvalue weighted by molar-refractivity contribution is 0.0966. The normalized spacial score (nSPS) is 10.2. The molecule has 2 heterocycles. The highest BCUT2D eigenvalue weighted by molar-refractivity contribution is 7.98. The number of ether oxygens (including phenoxy) is 1. The third kappa shape index (κ3) is 4.24. The summed E-state index contributed by atoms with van der Waals surface area (Å²) in [5.41, 5.74) is 5.41. The SMILES string of the molecule is CSc1nc(NNC(=O)c2cccs2)cc(Oc2ccccc2)n1. The lowest BCUT2D eigenvalue weighted by atomic mass is 10.3. The van der Waals surface area contributed by atoms with Crippen molar-refractivity contribution in [1.29, 1.82) is 0 Å². The van der Waals surface area contributed by atoms with E-state index >= 15 is 0 Å². The number of hydrogen-bond donors (Lipinski definition) is 2. The van der Waals surface area contributed by atoms with Crippen LogP contribution in [-0.2, 0) is 0 Å². The summed E-state index contributed by atoms with van der Waals surface area (Å²) in [7, 11) is 0. The Hall–Kier alpha value is -2.58. The van der Waals surface area contributed by atoms with Gasteiger partial charge in [-0.2, -0.15) is 4.98 Å². The lowest BCUT2D eigenvalue weighted by Crippen LogP contribution is -2.29. The van der Waals surface area contributed by atoms with Crippen LogP contribution in [0.3, 0.4) is 0 Å². The molecule has 0 aliphatic carbocycles. The summed E-state index contributed by atoms with van der Waals surface area (Å²) in [5.74, 6) is 1.30. The Balaban J connectivity index is 1.73. The molecule has 1 aromatic carbocycles. The molecule has 122 valence electrons. The number of thioether (sulfide) groups is 1. The fourth-order valence-electron chi connectivity index (χ4n) is 1.81. The van der Waals surface area contributed by atoms with E-state index in [4.69, 9.17) is 4.74 Å². The van der Waals surface area contributed by atoms with Crippen LogP contribution >= 0.6 is 23.1 Å². The molecule has 1 amide bonds. The molecule has 0 atom stereocenters. The molecule has 0 spiro atoms. The number of carbonyl (C=O) groups excluding carboxylic acids is 1. The maximum absolute atomic E-state index is 12.0. The summed E-state index contributed by atoms with van der Waals surface area (Å²) in [4.78, 5) is 21.2. The van der Waals surface area contributed by atoms with Crippen LogP contribution in [0.4, 0.5) is 5.82 Å². The second-order valence-corrected chi connectivity index (χ2v) is 6.27. The Morgan fingerprint density at radius 1 is 1.17 bits per heavy atom. The van der Waals surface area contributed by atoms with Gasteiger partial charge in [0.15, 0.2) is 11.0 Å². The van der Waals surface area contributed by atoms with Gasteiger partial charge >= 0.3 is 0 Å². The number of para-hydroxylation sites is 1. The second-order valence-electron chi connectivity index (χ2n) is 4.55. The number of anilines is 1. The highest BCUT2D eigenvalue weighted by Crippen LogP contribution is 2.23. The number of amides is 1. The van der Waals surface area contributed by atoms with E-state index < -0.39 is 0 Å². The first-order valence-corrected chi connectivity index (χ1v) is 9.11. The largest absolute Gasteiger partial charge is 0.439 e. The van der Waals surface area contributed by atoms with Crippen LogP contribution in [0.5, 0.6) is 11.6 Å². The zero-order valence-electron chi connectivity index (χ0n) is 12.7. The van der Waals surface area contributed by atoms with E-state index in [-0.39, 0.29) is 5.91 Å². The fourth-order valence-corrected chi connectivity index (χ4v) is 2.80. The van der Waals surface area contributed by atoms with Gasteiger partial charge in [0.05, 0.1) is 4.88 Å². The summed E-state index contributed by atoms with van der Waals surface area (Å²) in [5, 5.41) is 2.38.